The van der Waals surface area contributed by atoms with E-state index in [1.807, 2.05) is 35.1 Å². The van der Waals surface area contributed by atoms with Crippen LogP contribution in [0.2, 0.25) is 0 Å². The second-order valence-electron chi connectivity index (χ2n) is 9.79. The lowest BCUT2D eigenvalue weighted by atomic mass is 10.2. The highest BCUT2D eigenvalue weighted by Gasteiger charge is 2.14. The number of ether oxygens (including phenoxy) is 1. The minimum atomic E-state index is 0.657. The Morgan fingerprint density at radius 3 is 2.48 bits per heavy atom. The largest absolute Gasteiger partial charge is 0.379 e. The predicted octanol–water partition coefficient (Wildman–Crippen LogP) is 5.80. The summed E-state index contributed by atoms with van der Waals surface area (Å²) in [5.41, 5.74) is 6.13. The van der Waals surface area contributed by atoms with E-state index in [1.54, 1.807) is 6.33 Å². The molecule has 3 aromatic heterocycles. The number of hydrogen-bond acceptors (Lipinski definition) is 9. The van der Waals surface area contributed by atoms with Gasteiger partial charge in [0.25, 0.3) is 0 Å². The quantitative estimate of drug-likeness (QED) is 0.246. The molecule has 2 N–H and O–H groups in total. The number of nitrogens with zero attached hydrogens (tertiary/aromatic N) is 6. The maximum atomic E-state index is 5.45. The molecule has 0 aliphatic carbocycles. The van der Waals surface area contributed by atoms with E-state index in [0.717, 1.165) is 70.8 Å². The molecular weight excluding hydrogens is 520 g/mol. The molecule has 40 heavy (non-hydrogen) atoms. The van der Waals surface area contributed by atoms with Crippen LogP contribution in [0.1, 0.15) is 11.1 Å². The summed E-state index contributed by atoms with van der Waals surface area (Å²) in [5.74, 6) is 0.727. The standard InChI is InChI=1S/C30H28N8OS/c1-2-4-21(5-3-1)19-38-26-16-25(11-8-23(26)17-33-38)34-28-27-29(32-20-31-28)36-30(40-27)35-24-9-6-22(7-10-24)18-37-12-14-39-15-13-37/h1-11,16-17,20H,12-15,18-19H2,(H2,31,32,34,35,36). The summed E-state index contributed by atoms with van der Waals surface area (Å²) in [4.78, 5) is 16.1. The van der Waals surface area contributed by atoms with Crippen molar-refractivity contribution >= 4 is 54.9 Å². The van der Waals surface area contributed by atoms with Gasteiger partial charge in [0, 0.05) is 36.4 Å². The fourth-order valence-electron chi connectivity index (χ4n) is 4.90. The van der Waals surface area contributed by atoms with E-state index < -0.39 is 0 Å². The van der Waals surface area contributed by atoms with Crippen LogP contribution in [0.25, 0.3) is 21.3 Å². The highest BCUT2D eigenvalue weighted by Crippen LogP contribution is 2.33. The van der Waals surface area contributed by atoms with Crippen molar-refractivity contribution in [2.45, 2.75) is 13.1 Å². The predicted molar refractivity (Wildman–Crippen MR) is 160 cm³/mol. The van der Waals surface area contributed by atoms with Crippen molar-refractivity contribution in [3.8, 4) is 0 Å². The van der Waals surface area contributed by atoms with Crippen LogP contribution < -0.4 is 10.6 Å². The molecule has 1 aliphatic heterocycles. The summed E-state index contributed by atoms with van der Waals surface area (Å²) >= 11 is 1.53. The van der Waals surface area contributed by atoms with Crippen LogP contribution in [0, 0.1) is 0 Å². The molecule has 1 fully saturated rings. The molecule has 1 aliphatic rings. The second-order valence-corrected chi connectivity index (χ2v) is 10.8. The molecule has 4 heterocycles. The molecule has 200 valence electrons. The van der Waals surface area contributed by atoms with Crippen molar-refractivity contribution in [2.75, 3.05) is 36.9 Å². The Hall–Kier alpha value is -4.38. The SMILES string of the molecule is c1ccc(Cn2ncc3ccc(Nc4ncnc5nc(Nc6ccc(CN7CCOCC7)cc6)sc45)cc32)cc1. The lowest BCUT2D eigenvalue weighted by Crippen LogP contribution is -2.35. The minimum Gasteiger partial charge on any atom is -0.379 e. The minimum absolute atomic E-state index is 0.657. The molecule has 0 unspecified atom stereocenters. The second kappa shape index (κ2) is 11.0. The van der Waals surface area contributed by atoms with Gasteiger partial charge < -0.3 is 15.4 Å². The fourth-order valence-corrected chi connectivity index (χ4v) is 5.78. The zero-order chi connectivity index (χ0) is 26.7. The summed E-state index contributed by atoms with van der Waals surface area (Å²) < 4.78 is 8.37. The Bertz CT molecular complexity index is 1740. The van der Waals surface area contributed by atoms with Gasteiger partial charge in [-0.05, 0) is 41.5 Å². The Balaban J connectivity index is 1.08. The Kier molecular flexibility index (Phi) is 6.78. The van der Waals surface area contributed by atoms with Gasteiger partial charge in [-0.15, -0.1) is 0 Å². The van der Waals surface area contributed by atoms with Gasteiger partial charge in [0.15, 0.2) is 16.6 Å². The topological polar surface area (TPSA) is 93.0 Å². The normalized spacial score (nSPS) is 14.1. The van der Waals surface area contributed by atoms with E-state index in [1.165, 1.54) is 22.5 Å². The molecule has 0 atom stereocenters. The summed E-state index contributed by atoms with van der Waals surface area (Å²) in [6.07, 6.45) is 3.45. The molecule has 10 heteroatoms. The van der Waals surface area contributed by atoms with Crippen LogP contribution >= 0.6 is 11.3 Å². The molecule has 0 amide bonds. The number of nitrogens with one attached hydrogen (secondary N) is 2. The van der Waals surface area contributed by atoms with Crippen LogP contribution in [-0.2, 0) is 17.8 Å². The summed E-state index contributed by atoms with van der Waals surface area (Å²) in [5, 5.41) is 13.4. The van der Waals surface area contributed by atoms with E-state index in [-0.39, 0.29) is 0 Å². The molecule has 0 radical (unpaired) electrons. The van der Waals surface area contributed by atoms with Crippen LogP contribution in [0.5, 0.6) is 0 Å². The van der Waals surface area contributed by atoms with Crippen LogP contribution in [0.15, 0.2) is 85.3 Å². The van der Waals surface area contributed by atoms with Gasteiger partial charge in [0.05, 0.1) is 31.5 Å². The van der Waals surface area contributed by atoms with E-state index in [2.05, 4.69) is 79.1 Å². The number of fused-ring (bicyclic) bond motifs is 2. The van der Waals surface area contributed by atoms with E-state index in [9.17, 15) is 0 Å². The summed E-state index contributed by atoms with van der Waals surface area (Å²) in [7, 11) is 0. The molecule has 0 saturated carbocycles. The summed E-state index contributed by atoms with van der Waals surface area (Å²) in [6.45, 7) is 5.23. The number of aromatic nitrogens is 5. The van der Waals surface area contributed by atoms with Gasteiger partial charge in [-0.3, -0.25) is 9.58 Å². The maximum absolute atomic E-state index is 5.45. The molecule has 0 spiro atoms. The monoisotopic (exact) mass is 548 g/mol. The zero-order valence-corrected chi connectivity index (χ0v) is 22.6. The van der Waals surface area contributed by atoms with Crippen LogP contribution in [0.4, 0.5) is 22.3 Å². The summed E-state index contributed by atoms with van der Waals surface area (Å²) in [6, 6.07) is 25.1. The number of benzene rings is 3. The Morgan fingerprint density at radius 2 is 1.62 bits per heavy atom. The van der Waals surface area contributed by atoms with Crippen molar-refractivity contribution in [1.29, 1.82) is 0 Å². The molecule has 0 bridgehead atoms. The van der Waals surface area contributed by atoms with E-state index in [0.29, 0.717) is 12.2 Å². The van der Waals surface area contributed by atoms with Gasteiger partial charge in [0.2, 0.25) is 0 Å². The van der Waals surface area contributed by atoms with Crippen molar-refractivity contribution < 1.29 is 4.74 Å². The highest BCUT2D eigenvalue weighted by molar-refractivity contribution is 7.22. The number of anilines is 4. The molecule has 6 aromatic rings. The van der Waals surface area contributed by atoms with Gasteiger partial charge >= 0.3 is 0 Å². The number of morpholine rings is 1. The van der Waals surface area contributed by atoms with Crippen molar-refractivity contribution in [2.24, 2.45) is 0 Å². The number of hydrogen-bond donors (Lipinski definition) is 2. The molecule has 3 aromatic carbocycles. The highest BCUT2D eigenvalue weighted by atomic mass is 32.1. The smallest absolute Gasteiger partial charge is 0.189 e. The lowest BCUT2D eigenvalue weighted by molar-refractivity contribution is 0.0342. The van der Waals surface area contributed by atoms with E-state index in [4.69, 9.17) is 9.72 Å². The van der Waals surface area contributed by atoms with Gasteiger partial charge in [0.1, 0.15) is 11.0 Å². The van der Waals surface area contributed by atoms with Crippen molar-refractivity contribution in [3.05, 3.63) is 96.4 Å². The van der Waals surface area contributed by atoms with Crippen LogP contribution in [0.3, 0.4) is 0 Å². The third-order valence-electron chi connectivity index (χ3n) is 6.99. The van der Waals surface area contributed by atoms with Crippen molar-refractivity contribution in [3.63, 3.8) is 0 Å². The average molecular weight is 549 g/mol. The average Bonchev–Trinajstić information content (AvgIpc) is 3.59. The zero-order valence-electron chi connectivity index (χ0n) is 21.8. The lowest BCUT2D eigenvalue weighted by Gasteiger charge is -2.26. The first-order valence-corrected chi connectivity index (χ1v) is 14.1. The fraction of sp³-hybridized carbons (Fsp3) is 0.200. The third kappa shape index (κ3) is 5.37. The Morgan fingerprint density at radius 1 is 0.825 bits per heavy atom. The van der Waals surface area contributed by atoms with E-state index >= 15 is 0 Å². The molecular formula is C30H28N8OS. The van der Waals surface area contributed by atoms with Crippen LogP contribution in [-0.4, -0.2) is 55.9 Å². The first-order chi connectivity index (χ1) is 19.8. The first-order valence-electron chi connectivity index (χ1n) is 13.3. The molecule has 7 rings (SSSR count). The van der Waals surface area contributed by atoms with Gasteiger partial charge in [-0.2, -0.15) is 10.1 Å². The number of rotatable bonds is 8. The molecule has 1 saturated heterocycles. The van der Waals surface area contributed by atoms with Gasteiger partial charge in [-0.1, -0.05) is 53.8 Å². The van der Waals surface area contributed by atoms with Gasteiger partial charge in [-0.25, -0.2) is 9.97 Å². The Labute approximate surface area is 235 Å². The maximum Gasteiger partial charge on any atom is 0.189 e. The third-order valence-corrected chi connectivity index (χ3v) is 7.96. The van der Waals surface area contributed by atoms with Crippen molar-refractivity contribution in [1.82, 2.24) is 29.6 Å². The number of thiazole rings is 1. The first kappa shape index (κ1) is 24.6. The molecule has 9 nitrogen and oxygen atoms in total.